The van der Waals surface area contributed by atoms with Gasteiger partial charge in [0, 0.05) is 32.1 Å². The van der Waals surface area contributed by atoms with Gasteiger partial charge in [0.15, 0.2) is 0 Å². The molecule has 2 N–H and O–H groups in total. The highest BCUT2D eigenvalue weighted by Crippen LogP contribution is 2.15. The Balaban J connectivity index is 2.54. The summed E-state index contributed by atoms with van der Waals surface area (Å²) in [5, 5.41) is 0. The third-order valence-corrected chi connectivity index (χ3v) is 3.63. The fourth-order valence-corrected chi connectivity index (χ4v) is 2.48. The van der Waals surface area contributed by atoms with Crippen LogP contribution in [0.4, 0.5) is 0 Å². The van der Waals surface area contributed by atoms with Crippen molar-refractivity contribution in [3.05, 3.63) is 0 Å². The van der Waals surface area contributed by atoms with E-state index in [-0.39, 0.29) is 17.7 Å². The van der Waals surface area contributed by atoms with Crippen molar-refractivity contribution in [1.82, 2.24) is 9.80 Å². The molecule has 0 aromatic carbocycles. The van der Waals surface area contributed by atoms with Crippen molar-refractivity contribution >= 4 is 11.8 Å². The average Bonchev–Trinajstić information content (AvgIpc) is 2.37. The number of amides is 2. The number of carbonyl (C=O) groups excluding carboxylic acids is 2. The van der Waals surface area contributed by atoms with Gasteiger partial charge in [0.25, 0.3) is 0 Å². The normalized spacial score (nSPS) is 19.5. The van der Waals surface area contributed by atoms with Gasteiger partial charge < -0.3 is 15.5 Å². The Hall–Kier alpha value is -1.10. The van der Waals surface area contributed by atoms with E-state index in [1.807, 2.05) is 25.7 Å². The van der Waals surface area contributed by atoms with Crippen LogP contribution in [0.15, 0.2) is 0 Å². The molecule has 1 fully saturated rings. The molecular weight excluding hydrogens is 242 g/mol. The van der Waals surface area contributed by atoms with Gasteiger partial charge >= 0.3 is 0 Å². The molecule has 110 valence electrons. The lowest BCUT2D eigenvalue weighted by Crippen LogP contribution is -2.59. The molecule has 19 heavy (non-hydrogen) atoms. The highest BCUT2D eigenvalue weighted by molar-refractivity contribution is 5.86. The maximum Gasteiger partial charge on any atom is 0.242 e. The standard InChI is InChI=1S/C14H27N3O2/c1-5-6-14(4,15)13(19)17-9-7-16(8-10-17)12(18)11(2)3/h11H,5-10,15H2,1-4H3. The molecule has 1 saturated heterocycles. The molecule has 0 spiro atoms. The molecule has 5 heteroatoms. The van der Waals surface area contributed by atoms with Crippen molar-refractivity contribution in [3.63, 3.8) is 0 Å². The van der Waals surface area contributed by atoms with Gasteiger partial charge in [0.2, 0.25) is 11.8 Å². The maximum absolute atomic E-state index is 12.3. The molecule has 0 saturated carbocycles. The first-order chi connectivity index (χ1) is 8.79. The van der Waals surface area contributed by atoms with Crippen LogP contribution in [0.25, 0.3) is 0 Å². The Kier molecular flexibility index (Phi) is 5.35. The van der Waals surface area contributed by atoms with Gasteiger partial charge in [0.1, 0.15) is 0 Å². The van der Waals surface area contributed by atoms with Crippen LogP contribution >= 0.6 is 0 Å². The molecule has 1 unspecified atom stereocenters. The fourth-order valence-electron chi connectivity index (χ4n) is 2.48. The first kappa shape index (κ1) is 16.0. The molecule has 1 rings (SSSR count). The van der Waals surface area contributed by atoms with E-state index in [0.717, 1.165) is 6.42 Å². The molecule has 0 bridgehead atoms. The number of piperazine rings is 1. The number of hydrogen-bond donors (Lipinski definition) is 1. The second-order valence-corrected chi connectivity index (χ2v) is 5.94. The molecule has 1 heterocycles. The largest absolute Gasteiger partial charge is 0.339 e. The van der Waals surface area contributed by atoms with Gasteiger partial charge in [-0.2, -0.15) is 0 Å². The minimum absolute atomic E-state index is 0.00555. The molecule has 1 aliphatic heterocycles. The zero-order valence-electron chi connectivity index (χ0n) is 12.6. The second-order valence-electron chi connectivity index (χ2n) is 5.94. The minimum atomic E-state index is -0.779. The summed E-state index contributed by atoms with van der Waals surface area (Å²) in [5.74, 6) is 0.185. The molecule has 0 aromatic rings. The van der Waals surface area contributed by atoms with Crippen molar-refractivity contribution in [2.75, 3.05) is 26.2 Å². The summed E-state index contributed by atoms with van der Waals surface area (Å²) in [7, 11) is 0. The second kappa shape index (κ2) is 6.37. The first-order valence-corrected chi connectivity index (χ1v) is 7.16. The van der Waals surface area contributed by atoms with Crippen molar-refractivity contribution in [1.29, 1.82) is 0 Å². The summed E-state index contributed by atoms with van der Waals surface area (Å²) >= 11 is 0. The van der Waals surface area contributed by atoms with E-state index in [9.17, 15) is 9.59 Å². The van der Waals surface area contributed by atoms with Crippen molar-refractivity contribution in [2.45, 2.75) is 46.1 Å². The van der Waals surface area contributed by atoms with Gasteiger partial charge in [-0.05, 0) is 13.3 Å². The quantitative estimate of drug-likeness (QED) is 0.822. The van der Waals surface area contributed by atoms with Crippen molar-refractivity contribution in [3.8, 4) is 0 Å². The van der Waals surface area contributed by atoms with E-state index < -0.39 is 5.54 Å². The van der Waals surface area contributed by atoms with Gasteiger partial charge in [-0.25, -0.2) is 0 Å². The molecule has 1 atom stereocenters. The summed E-state index contributed by atoms with van der Waals surface area (Å²) < 4.78 is 0. The summed E-state index contributed by atoms with van der Waals surface area (Å²) in [6.07, 6.45) is 1.58. The number of nitrogens with two attached hydrogens (primary N) is 1. The lowest BCUT2D eigenvalue weighted by atomic mass is 9.95. The molecule has 0 aliphatic carbocycles. The van der Waals surface area contributed by atoms with Crippen LogP contribution in [0, 0.1) is 5.92 Å². The molecule has 1 aliphatic rings. The molecule has 0 aromatic heterocycles. The van der Waals surface area contributed by atoms with E-state index in [2.05, 4.69) is 0 Å². The lowest BCUT2D eigenvalue weighted by Gasteiger charge is -2.39. The predicted molar refractivity (Wildman–Crippen MR) is 75.5 cm³/mol. The van der Waals surface area contributed by atoms with E-state index in [4.69, 9.17) is 5.73 Å². The van der Waals surface area contributed by atoms with Gasteiger partial charge in [-0.1, -0.05) is 27.2 Å². The monoisotopic (exact) mass is 269 g/mol. The van der Waals surface area contributed by atoms with Crippen LogP contribution in [-0.4, -0.2) is 53.3 Å². The Morgan fingerprint density at radius 2 is 1.63 bits per heavy atom. The smallest absolute Gasteiger partial charge is 0.242 e. The first-order valence-electron chi connectivity index (χ1n) is 7.16. The predicted octanol–water partition coefficient (Wildman–Crippen LogP) is 0.831. The van der Waals surface area contributed by atoms with Gasteiger partial charge in [-0.15, -0.1) is 0 Å². The highest BCUT2D eigenvalue weighted by atomic mass is 16.2. The lowest BCUT2D eigenvalue weighted by molar-refractivity contribution is -0.144. The average molecular weight is 269 g/mol. The zero-order valence-corrected chi connectivity index (χ0v) is 12.6. The van der Waals surface area contributed by atoms with Crippen molar-refractivity contribution in [2.24, 2.45) is 11.7 Å². The number of carbonyl (C=O) groups is 2. The Morgan fingerprint density at radius 1 is 1.16 bits per heavy atom. The number of hydrogen-bond acceptors (Lipinski definition) is 3. The van der Waals surface area contributed by atoms with E-state index in [1.165, 1.54) is 0 Å². The van der Waals surface area contributed by atoms with Gasteiger partial charge in [0.05, 0.1) is 5.54 Å². The van der Waals surface area contributed by atoms with Crippen LogP contribution < -0.4 is 5.73 Å². The fraction of sp³-hybridized carbons (Fsp3) is 0.857. The SMILES string of the molecule is CCCC(C)(N)C(=O)N1CCN(C(=O)C(C)C)CC1. The Bertz CT molecular complexity index is 332. The van der Waals surface area contributed by atoms with Crippen LogP contribution in [-0.2, 0) is 9.59 Å². The highest BCUT2D eigenvalue weighted by Gasteiger charge is 2.34. The molecule has 2 amide bonds. The molecule has 5 nitrogen and oxygen atoms in total. The van der Waals surface area contributed by atoms with Crippen LogP contribution in [0.1, 0.15) is 40.5 Å². The van der Waals surface area contributed by atoms with Gasteiger partial charge in [-0.3, -0.25) is 9.59 Å². The molecular formula is C14H27N3O2. The van der Waals surface area contributed by atoms with E-state index in [1.54, 1.807) is 11.8 Å². The van der Waals surface area contributed by atoms with Crippen molar-refractivity contribution < 1.29 is 9.59 Å². The summed E-state index contributed by atoms with van der Waals surface area (Å²) in [6, 6.07) is 0. The minimum Gasteiger partial charge on any atom is -0.339 e. The van der Waals surface area contributed by atoms with E-state index in [0.29, 0.717) is 32.6 Å². The number of nitrogens with zero attached hydrogens (tertiary/aromatic N) is 2. The topological polar surface area (TPSA) is 66.6 Å². The summed E-state index contributed by atoms with van der Waals surface area (Å²) in [6.45, 7) is 10.0. The van der Waals surface area contributed by atoms with Crippen LogP contribution in [0.5, 0.6) is 0 Å². The van der Waals surface area contributed by atoms with E-state index >= 15 is 0 Å². The third kappa shape index (κ3) is 3.93. The Labute approximate surface area is 116 Å². The summed E-state index contributed by atoms with van der Waals surface area (Å²) in [5.41, 5.74) is 5.29. The maximum atomic E-state index is 12.3. The third-order valence-electron chi connectivity index (χ3n) is 3.63. The van der Waals surface area contributed by atoms with Crippen LogP contribution in [0.2, 0.25) is 0 Å². The van der Waals surface area contributed by atoms with Crippen LogP contribution in [0.3, 0.4) is 0 Å². The molecule has 0 radical (unpaired) electrons. The number of rotatable bonds is 4. The zero-order chi connectivity index (χ0) is 14.6. The summed E-state index contributed by atoms with van der Waals surface area (Å²) in [4.78, 5) is 27.8. The Morgan fingerprint density at radius 3 is 2.05 bits per heavy atom.